The first kappa shape index (κ1) is 19.9. The lowest BCUT2D eigenvalue weighted by Gasteiger charge is -2.31. The van der Waals surface area contributed by atoms with Gasteiger partial charge in [-0.3, -0.25) is 9.89 Å². The maximum atomic E-state index is 14.2. The molecule has 1 saturated heterocycles. The van der Waals surface area contributed by atoms with E-state index in [-0.39, 0.29) is 11.3 Å². The molecule has 1 amide bonds. The van der Waals surface area contributed by atoms with Crippen molar-refractivity contribution in [2.75, 3.05) is 25.0 Å². The van der Waals surface area contributed by atoms with Gasteiger partial charge in [0.05, 0.1) is 5.69 Å². The minimum Gasteiger partial charge on any atom is -0.370 e. The zero-order valence-corrected chi connectivity index (χ0v) is 17.5. The third-order valence-corrected chi connectivity index (χ3v) is 6.36. The van der Waals surface area contributed by atoms with Crippen LogP contribution in [0.3, 0.4) is 0 Å². The smallest absolute Gasteiger partial charge is 0.219 e. The molecule has 0 radical (unpaired) electrons. The first-order valence-electron chi connectivity index (χ1n) is 10.5. The molecule has 2 aromatic rings. The first-order chi connectivity index (χ1) is 13.8. The minimum absolute atomic E-state index is 0.138. The van der Waals surface area contributed by atoms with E-state index >= 15 is 0 Å². The number of anilines is 1. The van der Waals surface area contributed by atoms with Crippen molar-refractivity contribution in [1.29, 1.82) is 0 Å². The Kier molecular flexibility index (Phi) is 5.32. The Morgan fingerprint density at radius 1 is 1.34 bits per heavy atom. The van der Waals surface area contributed by atoms with Crippen molar-refractivity contribution in [3.63, 3.8) is 0 Å². The van der Waals surface area contributed by atoms with Gasteiger partial charge < -0.3 is 10.2 Å². The number of H-pyrrole nitrogens is 1. The van der Waals surface area contributed by atoms with E-state index in [9.17, 15) is 9.18 Å². The number of aromatic nitrogens is 3. The maximum Gasteiger partial charge on any atom is 0.219 e. The molecule has 1 aliphatic heterocycles. The lowest BCUT2D eigenvalue weighted by Crippen LogP contribution is -2.38. The van der Waals surface area contributed by atoms with Gasteiger partial charge in [0.1, 0.15) is 5.82 Å². The summed E-state index contributed by atoms with van der Waals surface area (Å²) in [7, 11) is 0. The summed E-state index contributed by atoms with van der Waals surface area (Å²) in [4.78, 5) is 17.4. The summed E-state index contributed by atoms with van der Waals surface area (Å²) in [6.45, 7) is 8.47. The number of nitrogens with zero attached hydrogens (tertiary/aromatic N) is 3. The summed E-state index contributed by atoms with van der Waals surface area (Å²) in [5.74, 6) is 0.643. The van der Waals surface area contributed by atoms with Crippen molar-refractivity contribution in [2.45, 2.75) is 52.9 Å². The minimum atomic E-state index is -0.496. The molecule has 29 heavy (non-hydrogen) atoms. The molecule has 2 aromatic heterocycles. The van der Waals surface area contributed by atoms with Gasteiger partial charge in [0.2, 0.25) is 11.9 Å². The third kappa shape index (κ3) is 4.43. The van der Waals surface area contributed by atoms with Crippen LogP contribution in [0.4, 0.5) is 10.2 Å². The summed E-state index contributed by atoms with van der Waals surface area (Å²) >= 11 is 0. The number of likely N-dealkylation sites (tertiary alicyclic amines) is 1. The van der Waals surface area contributed by atoms with Crippen LogP contribution in [0.2, 0.25) is 0 Å². The second kappa shape index (κ2) is 7.76. The molecule has 3 heterocycles. The van der Waals surface area contributed by atoms with E-state index in [1.54, 1.807) is 6.92 Å². The number of carbonyl (C=O) groups is 1. The molecule has 0 unspecified atom stereocenters. The van der Waals surface area contributed by atoms with E-state index < -0.39 is 5.95 Å². The molecule has 7 heteroatoms. The quantitative estimate of drug-likeness (QED) is 0.767. The van der Waals surface area contributed by atoms with Gasteiger partial charge in [-0.2, -0.15) is 9.49 Å². The largest absolute Gasteiger partial charge is 0.370 e. The van der Waals surface area contributed by atoms with E-state index in [1.807, 2.05) is 11.0 Å². The van der Waals surface area contributed by atoms with Crippen LogP contribution in [0, 0.1) is 17.3 Å². The van der Waals surface area contributed by atoms with E-state index in [1.165, 1.54) is 17.3 Å². The maximum absolute atomic E-state index is 14.2. The molecule has 1 aliphatic carbocycles. The van der Waals surface area contributed by atoms with Crippen LogP contribution in [-0.2, 0) is 17.6 Å². The number of nitrogens with one attached hydrogen (secondary N) is 2. The van der Waals surface area contributed by atoms with E-state index in [4.69, 9.17) is 0 Å². The van der Waals surface area contributed by atoms with Gasteiger partial charge in [0.15, 0.2) is 0 Å². The molecule has 0 aromatic carbocycles. The Morgan fingerprint density at radius 2 is 2.10 bits per heavy atom. The van der Waals surface area contributed by atoms with Crippen LogP contribution in [0.25, 0.3) is 11.3 Å². The predicted octanol–water partition coefficient (Wildman–Crippen LogP) is 3.80. The fourth-order valence-corrected chi connectivity index (χ4v) is 4.51. The van der Waals surface area contributed by atoms with E-state index in [0.29, 0.717) is 11.7 Å². The zero-order valence-electron chi connectivity index (χ0n) is 17.5. The number of hydrogen-bond acceptors (Lipinski definition) is 4. The monoisotopic (exact) mass is 399 g/mol. The van der Waals surface area contributed by atoms with Crippen LogP contribution in [-0.4, -0.2) is 45.6 Å². The van der Waals surface area contributed by atoms with Gasteiger partial charge in [0, 0.05) is 49.4 Å². The molecule has 0 bridgehead atoms. The Labute approximate surface area is 171 Å². The topological polar surface area (TPSA) is 73.9 Å². The summed E-state index contributed by atoms with van der Waals surface area (Å²) in [6.07, 6.45) is 4.93. The molecule has 156 valence electrons. The number of amides is 1. The fourth-order valence-electron chi connectivity index (χ4n) is 4.51. The Hall–Kier alpha value is -2.44. The highest BCUT2D eigenvalue weighted by molar-refractivity contribution is 5.73. The van der Waals surface area contributed by atoms with Crippen molar-refractivity contribution in [1.82, 2.24) is 20.1 Å². The average molecular weight is 400 g/mol. The molecule has 4 rings (SSSR count). The number of piperidine rings is 1. The Balaban J connectivity index is 1.45. The van der Waals surface area contributed by atoms with Crippen molar-refractivity contribution >= 4 is 11.7 Å². The lowest BCUT2D eigenvalue weighted by molar-refractivity contribution is -0.130. The van der Waals surface area contributed by atoms with Crippen LogP contribution < -0.4 is 5.32 Å². The number of rotatable bonds is 4. The van der Waals surface area contributed by atoms with E-state index in [0.717, 1.165) is 63.0 Å². The molecule has 1 fully saturated rings. The highest BCUT2D eigenvalue weighted by atomic mass is 19.1. The summed E-state index contributed by atoms with van der Waals surface area (Å²) in [6, 6.07) is 3.36. The van der Waals surface area contributed by atoms with Crippen LogP contribution in [0.1, 0.15) is 51.3 Å². The van der Waals surface area contributed by atoms with Crippen LogP contribution in [0.15, 0.2) is 12.1 Å². The van der Waals surface area contributed by atoms with Crippen LogP contribution in [0.5, 0.6) is 0 Å². The fraction of sp³-hybridized carbons (Fsp3) is 0.591. The SMILES string of the molecule is CC(=O)N1CCC(CNc2cc(-c3n[nH]c4c3CCC(C)(C)C4)cc(F)n2)CC1. The molecule has 0 spiro atoms. The van der Waals surface area contributed by atoms with Gasteiger partial charge in [-0.05, 0) is 49.5 Å². The van der Waals surface area contributed by atoms with Gasteiger partial charge in [-0.15, -0.1) is 0 Å². The first-order valence-corrected chi connectivity index (χ1v) is 10.5. The van der Waals surface area contributed by atoms with Crippen molar-refractivity contribution < 1.29 is 9.18 Å². The number of fused-ring (bicyclic) bond motifs is 1. The Bertz CT molecular complexity index is 899. The average Bonchev–Trinajstić information content (AvgIpc) is 3.08. The molecule has 0 saturated carbocycles. The van der Waals surface area contributed by atoms with Crippen molar-refractivity contribution in [3.8, 4) is 11.3 Å². The summed E-state index contributed by atoms with van der Waals surface area (Å²) in [5.41, 5.74) is 4.25. The zero-order chi connectivity index (χ0) is 20.6. The standard InChI is InChI=1S/C22H30FN5O/c1-14(29)28-8-5-15(6-9-28)13-24-20-11-16(10-19(23)25-20)21-17-4-7-22(2,3)12-18(17)26-27-21/h10-11,15H,4-9,12-13H2,1-3H3,(H,24,25)(H,26,27). The van der Waals surface area contributed by atoms with Crippen LogP contribution >= 0.6 is 0 Å². The molecule has 2 N–H and O–H groups in total. The van der Waals surface area contributed by atoms with Gasteiger partial charge in [-0.25, -0.2) is 4.98 Å². The second-order valence-corrected chi connectivity index (χ2v) is 9.26. The number of aromatic amines is 1. The van der Waals surface area contributed by atoms with Gasteiger partial charge in [0.25, 0.3) is 0 Å². The molecule has 2 aliphatic rings. The highest BCUT2D eigenvalue weighted by Gasteiger charge is 2.29. The number of halogens is 1. The third-order valence-electron chi connectivity index (χ3n) is 6.36. The lowest BCUT2D eigenvalue weighted by atomic mass is 9.76. The predicted molar refractivity (Wildman–Crippen MR) is 111 cm³/mol. The van der Waals surface area contributed by atoms with Gasteiger partial charge >= 0.3 is 0 Å². The molecule has 0 atom stereocenters. The number of carbonyl (C=O) groups excluding carboxylic acids is 1. The summed E-state index contributed by atoms with van der Waals surface area (Å²) in [5, 5.41) is 11.0. The number of pyridine rings is 1. The second-order valence-electron chi connectivity index (χ2n) is 9.26. The molecular formula is C22H30FN5O. The van der Waals surface area contributed by atoms with Crippen molar-refractivity contribution in [3.05, 3.63) is 29.3 Å². The normalized spacial score (nSPS) is 19.1. The number of hydrogen-bond donors (Lipinski definition) is 2. The van der Waals surface area contributed by atoms with Gasteiger partial charge in [-0.1, -0.05) is 13.8 Å². The molecule has 6 nitrogen and oxygen atoms in total. The Morgan fingerprint density at radius 3 is 2.83 bits per heavy atom. The van der Waals surface area contributed by atoms with Crippen molar-refractivity contribution in [2.24, 2.45) is 11.3 Å². The van der Waals surface area contributed by atoms with E-state index in [2.05, 4.69) is 34.3 Å². The summed E-state index contributed by atoms with van der Waals surface area (Å²) < 4.78 is 14.2. The molecular weight excluding hydrogens is 369 g/mol. The highest BCUT2D eigenvalue weighted by Crippen LogP contribution is 2.38.